The van der Waals surface area contributed by atoms with Gasteiger partial charge in [-0.2, -0.15) is 0 Å². The second-order valence-corrected chi connectivity index (χ2v) is 8.54. The molecule has 0 aromatic rings. The number of ether oxygens (including phenoxy) is 2. The van der Waals surface area contributed by atoms with Crippen LogP contribution < -0.4 is 0 Å². The lowest BCUT2D eigenvalue weighted by Crippen LogP contribution is -2.50. The highest BCUT2D eigenvalue weighted by Crippen LogP contribution is 2.23. The van der Waals surface area contributed by atoms with Gasteiger partial charge < -0.3 is 9.47 Å². The van der Waals surface area contributed by atoms with Crippen LogP contribution in [0, 0.1) is 11.8 Å². The van der Waals surface area contributed by atoms with E-state index in [1.165, 1.54) is 12.8 Å². The van der Waals surface area contributed by atoms with Gasteiger partial charge in [0.1, 0.15) is 0 Å². The Morgan fingerprint density at radius 1 is 0.875 bits per heavy atom. The number of rotatable bonds is 7. The summed E-state index contributed by atoms with van der Waals surface area (Å²) < 4.78 is 11.8. The number of hydrogen-bond donors (Lipinski definition) is 0. The third-order valence-corrected chi connectivity index (χ3v) is 6.01. The first-order valence-electron chi connectivity index (χ1n) is 10.1. The van der Waals surface area contributed by atoms with Gasteiger partial charge in [-0.25, -0.2) is 0 Å². The Labute approximate surface area is 149 Å². The molecule has 0 aromatic carbocycles. The lowest BCUT2D eigenvalue weighted by molar-refractivity contribution is -0.0634. The molecule has 4 atom stereocenters. The molecule has 0 N–H and O–H groups in total. The summed E-state index contributed by atoms with van der Waals surface area (Å²) in [6.45, 7) is 20.0. The molecule has 2 aliphatic rings. The highest BCUT2D eigenvalue weighted by atomic mass is 16.5. The maximum atomic E-state index is 6.09. The largest absolute Gasteiger partial charge is 0.376 e. The minimum atomic E-state index is 0.369. The Kier molecular flexibility index (Phi) is 7.99. The van der Waals surface area contributed by atoms with Crippen LogP contribution in [0.2, 0.25) is 0 Å². The Balaban J connectivity index is 1.85. The van der Waals surface area contributed by atoms with Crippen molar-refractivity contribution in [3.63, 3.8) is 0 Å². The van der Waals surface area contributed by atoms with Gasteiger partial charge in [0.2, 0.25) is 0 Å². The zero-order valence-electron chi connectivity index (χ0n) is 16.8. The Bertz CT molecular complexity index is 362. The van der Waals surface area contributed by atoms with E-state index in [9.17, 15) is 0 Å². The summed E-state index contributed by atoms with van der Waals surface area (Å²) in [5, 5.41) is 0. The van der Waals surface area contributed by atoms with Gasteiger partial charge in [0, 0.05) is 38.3 Å². The molecule has 2 fully saturated rings. The highest BCUT2D eigenvalue weighted by molar-refractivity contribution is 4.83. The third-order valence-electron chi connectivity index (χ3n) is 6.01. The normalized spacial score (nSPS) is 30.0. The van der Waals surface area contributed by atoms with Gasteiger partial charge in [-0.15, -0.1) is 0 Å². The fraction of sp³-hybridized carbons (Fsp3) is 1.00. The van der Waals surface area contributed by atoms with E-state index in [0.29, 0.717) is 36.1 Å². The van der Waals surface area contributed by atoms with Crippen molar-refractivity contribution in [3.8, 4) is 0 Å². The maximum Gasteiger partial charge on any atom is 0.0703 e. The lowest BCUT2D eigenvalue weighted by atomic mass is 9.94. The van der Waals surface area contributed by atoms with E-state index in [4.69, 9.17) is 9.47 Å². The van der Waals surface area contributed by atoms with E-state index >= 15 is 0 Å². The first-order valence-corrected chi connectivity index (χ1v) is 10.1. The molecule has 0 unspecified atom stereocenters. The van der Waals surface area contributed by atoms with Crippen LogP contribution in [0.1, 0.15) is 54.4 Å². The zero-order chi connectivity index (χ0) is 17.7. The molecule has 0 amide bonds. The maximum absolute atomic E-state index is 6.09. The summed E-state index contributed by atoms with van der Waals surface area (Å²) in [5.41, 5.74) is 0. The molecular formula is C20H40N2O2. The second-order valence-electron chi connectivity index (χ2n) is 8.54. The van der Waals surface area contributed by atoms with Crippen molar-refractivity contribution in [1.82, 2.24) is 9.80 Å². The van der Waals surface area contributed by atoms with Crippen LogP contribution in [0.3, 0.4) is 0 Å². The molecule has 2 heterocycles. The zero-order valence-corrected chi connectivity index (χ0v) is 16.8. The Morgan fingerprint density at radius 2 is 1.54 bits per heavy atom. The summed E-state index contributed by atoms with van der Waals surface area (Å²) >= 11 is 0. The quantitative estimate of drug-likeness (QED) is 0.710. The third kappa shape index (κ3) is 5.69. The standard InChI is InChI=1S/C20H40N2O2/c1-15(2)18(6)21-9-12-24-19(14-21)7-8-20(16(3)4)22-10-11-23-17(5)13-22/h15-20H,7-14H2,1-6H3/t17-,18+,19+,20-/m0/s1. The number of nitrogens with zero attached hydrogens (tertiary/aromatic N) is 2. The van der Waals surface area contributed by atoms with Crippen LogP contribution in [0.15, 0.2) is 0 Å². The molecule has 2 aliphatic heterocycles. The van der Waals surface area contributed by atoms with Crippen molar-refractivity contribution in [2.75, 3.05) is 39.4 Å². The molecule has 2 rings (SSSR count). The minimum absolute atomic E-state index is 0.369. The van der Waals surface area contributed by atoms with Crippen molar-refractivity contribution in [1.29, 1.82) is 0 Å². The summed E-state index contributed by atoms with van der Waals surface area (Å²) in [6.07, 6.45) is 3.18. The summed E-state index contributed by atoms with van der Waals surface area (Å²) in [7, 11) is 0. The van der Waals surface area contributed by atoms with Crippen LogP contribution in [0.5, 0.6) is 0 Å². The van der Waals surface area contributed by atoms with Crippen molar-refractivity contribution in [3.05, 3.63) is 0 Å². The smallest absolute Gasteiger partial charge is 0.0703 e. The molecule has 0 spiro atoms. The molecule has 0 bridgehead atoms. The molecule has 4 heteroatoms. The number of morpholine rings is 2. The molecule has 0 aromatic heterocycles. The molecule has 0 aliphatic carbocycles. The molecule has 0 saturated carbocycles. The average Bonchev–Trinajstić information content (AvgIpc) is 2.54. The Morgan fingerprint density at radius 3 is 2.17 bits per heavy atom. The van der Waals surface area contributed by atoms with Crippen LogP contribution in [0.25, 0.3) is 0 Å². The fourth-order valence-corrected chi connectivity index (χ4v) is 4.15. The summed E-state index contributed by atoms with van der Waals surface area (Å²) in [5.74, 6) is 1.39. The first-order chi connectivity index (χ1) is 11.4. The van der Waals surface area contributed by atoms with Crippen LogP contribution >= 0.6 is 0 Å². The van der Waals surface area contributed by atoms with Crippen molar-refractivity contribution in [2.45, 2.75) is 78.7 Å². The molecule has 2 saturated heterocycles. The SMILES string of the molecule is CC(C)[C@@H](C)N1CCO[C@H](CC[C@@H](C(C)C)N2CCO[C@@H](C)C2)C1. The van der Waals surface area contributed by atoms with E-state index in [0.717, 1.165) is 39.4 Å². The first kappa shape index (κ1) is 20.2. The minimum Gasteiger partial charge on any atom is -0.376 e. The van der Waals surface area contributed by atoms with Crippen molar-refractivity contribution < 1.29 is 9.47 Å². The van der Waals surface area contributed by atoms with Crippen LogP contribution in [-0.4, -0.2) is 73.5 Å². The van der Waals surface area contributed by atoms with Crippen LogP contribution in [-0.2, 0) is 9.47 Å². The monoisotopic (exact) mass is 340 g/mol. The van der Waals surface area contributed by atoms with Gasteiger partial charge in [-0.05, 0) is 38.5 Å². The molecule has 24 heavy (non-hydrogen) atoms. The molecule has 4 nitrogen and oxygen atoms in total. The average molecular weight is 341 g/mol. The van der Waals surface area contributed by atoms with Gasteiger partial charge in [-0.1, -0.05) is 27.7 Å². The van der Waals surface area contributed by atoms with Crippen molar-refractivity contribution >= 4 is 0 Å². The highest BCUT2D eigenvalue weighted by Gasteiger charge is 2.29. The van der Waals surface area contributed by atoms with Crippen molar-refractivity contribution in [2.24, 2.45) is 11.8 Å². The second kappa shape index (κ2) is 9.51. The van der Waals surface area contributed by atoms with E-state index in [1.54, 1.807) is 0 Å². The van der Waals surface area contributed by atoms with Gasteiger partial charge in [-0.3, -0.25) is 9.80 Å². The lowest BCUT2D eigenvalue weighted by Gasteiger charge is -2.41. The topological polar surface area (TPSA) is 24.9 Å². The van der Waals surface area contributed by atoms with Gasteiger partial charge in [0.15, 0.2) is 0 Å². The van der Waals surface area contributed by atoms with Crippen LogP contribution in [0.4, 0.5) is 0 Å². The predicted octanol–water partition coefficient (Wildman–Crippen LogP) is 3.26. The van der Waals surface area contributed by atoms with E-state index in [2.05, 4.69) is 51.3 Å². The molecule has 0 radical (unpaired) electrons. The van der Waals surface area contributed by atoms with E-state index in [-0.39, 0.29) is 0 Å². The predicted molar refractivity (Wildman–Crippen MR) is 100 cm³/mol. The van der Waals surface area contributed by atoms with E-state index < -0.39 is 0 Å². The van der Waals surface area contributed by atoms with Gasteiger partial charge >= 0.3 is 0 Å². The fourth-order valence-electron chi connectivity index (χ4n) is 4.15. The molecule has 142 valence electrons. The molecular weight excluding hydrogens is 300 g/mol. The van der Waals surface area contributed by atoms with E-state index in [1.807, 2.05) is 0 Å². The summed E-state index contributed by atoms with van der Waals surface area (Å²) in [4.78, 5) is 5.27. The number of hydrogen-bond acceptors (Lipinski definition) is 4. The Hall–Kier alpha value is -0.160. The summed E-state index contributed by atoms with van der Waals surface area (Å²) in [6, 6.07) is 1.30. The van der Waals surface area contributed by atoms with Gasteiger partial charge in [0.25, 0.3) is 0 Å². The van der Waals surface area contributed by atoms with Gasteiger partial charge in [0.05, 0.1) is 25.4 Å².